The fourth-order valence-electron chi connectivity index (χ4n) is 6.24. The molecule has 0 aliphatic carbocycles. The Hall–Kier alpha value is -6.30. The topological polar surface area (TPSA) is 143 Å². The molecule has 0 saturated heterocycles. The van der Waals surface area contributed by atoms with E-state index in [-0.39, 0.29) is 32.0 Å². The van der Waals surface area contributed by atoms with E-state index >= 15 is 13.2 Å². The number of hydrogen-bond donors (Lipinski definition) is 2. The number of rotatable bonds is 11. The Balaban J connectivity index is 1.42. The van der Waals surface area contributed by atoms with Gasteiger partial charge in [0.2, 0.25) is 0 Å². The molecule has 2 aliphatic heterocycles. The number of nitriles is 3. The number of benzene rings is 3. The van der Waals surface area contributed by atoms with Gasteiger partial charge < -0.3 is 29.3 Å². The molecule has 2 N–H and O–H groups in total. The van der Waals surface area contributed by atoms with E-state index < -0.39 is 34.3 Å². The standard InChI is InChI=1S/C41H31F3N4O5S/c42-41(43,44)40(31-11-9-29(10-12-31)28-4-2-1-3-5-28)34(33(26-47)37(53-40)30(24-45)25-46)15-17-36-39-38(51-22-23-52-39)35(54-36)16-8-27-6-13-32(14-7-27)48(18-20-49)19-21-50/h1-17,49-50H,18-23H2/b16-8+,17-15+. The Morgan fingerprint density at radius 1 is 0.778 bits per heavy atom. The second-order valence-corrected chi connectivity index (χ2v) is 13.0. The molecule has 0 amide bonds. The first-order valence-corrected chi connectivity index (χ1v) is 17.5. The number of aliphatic hydroxyl groups excluding tert-OH is 2. The van der Waals surface area contributed by atoms with Gasteiger partial charge in [0.15, 0.2) is 22.8 Å². The van der Waals surface area contributed by atoms with Gasteiger partial charge in [0, 0.05) is 29.9 Å². The Morgan fingerprint density at radius 3 is 1.89 bits per heavy atom. The van der Waals surface area contributed by atoms with E-state index in [1.165, 1.54) is 41.7 Å². The summed E-state index contributed by atoms with van der Waals surface area (Å²) in [4.78, 5) is 2.88. The predicted octanol–water partition coefficient (Wildman–Crippen LogP) is 7.77. The summed E-state index contributed by atoms with van der Waals surface area (Å²) < 4.78 is 64.2. The van der Waals surface area contributed by atoms with Crippen molar-refractivity contribution in [1.82, 2.24) is 0 Å². The molecule has 6 rings (SSSR count). The molecule has 0 bridgehead atoms. The number of halogens is 3. The Kier molecular flexibility index (Phi) is 11.2. The second-order valence-electron chi connectivity index (χ2n) is 11.9. The van der Waals surface area contributed by atoms with E-state index in [0.717, 1.165) is 22.9 Å². The Bertz CT molecular complexity index is 2240. The molecule has 1 aromatic heterocycles. The molecule has 3 aromatic carbocycles. The maximum atomic E-state index is 15.6. The summed E-state index contributed by atoms with van der Waals surface area (Å²) in [5.74, 6) is -0.0391. The van der Waals surface area contributed by atoms with Gasteiger partial charge in [-0.05, 0) is 41.0 Å². The zero-order chi connectivity index (χ0) is 38.3. The molecule has 54 heavy (non-hydrogen) atoms. The third-order valence-electron chi connectivity index (χ3n) is 8.77. The highest BCUT2D eigenvalue weighted by Gasteiger charge is 2.65. The van der Waals surface area contributed by atoms with Crippen molar-refractivity contribution in [1.29, 1.82) is 15.8 Å². The van der Waals surface area contributed by atoms with Gasteiger partial charge in [-0.2, -0.15) is 29.0 Å². The van der Waals surface area contributed by atoms with Gasteiger partial charge in [-0.15, -0.1) is 11.3 Å². The number of hydrogen-bond acceptors (Lipinski definition) is 10. The molecular formula is C41H31F3N4O5S. The normalized spacial score (nSPS) is 16.6. The van der Waals surface area contributed by atoms with Gasteiger partial charge in [0.1, 0.15) is 37.0 Å². The molecule has 0 spiro atoms. The SMILES string of the molecule is N#CC(C#N)=C1OC(c2ccc(-c3ccccc3)cc2)(C(F)(F)F)C(/C=C/c2sc(/C=C/c3ccc(N(CCO)CCO)cc3)c3c2OCCO3)=C1C#N. The number of alkyl halides is 3. The van der Waals surface area contributed by atoms with Crippen LogP contribution in [0.1, 0.15) is 20.9 Å². The van der Waals surface area contributed by atoms with Crippen LogP contribution < -0.4 is 14.4 Å². The molecule has 13 heteroatoms. The monoisotopic (exact) mass is 748 g/mol. The minimum atomic E-state index is -5.16. The lowest BCUT2D eigenvalue weighted by atomic mass is 9.83. The first kappa shape index (κ1) is 37.5. The molecule has 9 nitrogen and oxygen atoms in total. The molecule has 1 unspecified atom stereocenters. The number of aliphatic hydroxyl groups is 2. The average Bonchev–Trinajstić information content (AvgIpc) is 3.73. The molecule has 0 radical (unpaired) electrons. The van der Waals surface area contributed by atoms with Gasteiger partial charge in [-0.3, -0.25) is 0 Å². The van der Waals surface area contributed by atoms with Crippen LogP contribution in [0.2, 0.25) is 0 Å². The molecule has 4 aromatic rings. The largest absolute Gasteiger partial charge is 0.485 e. The van der Waals surface area contributed by atoms with E-state index in [1.54, 1.807) is 36.4 Å². The molecule has 3 heterocycles. The van der Waals surface area contributed by atoms with Crippen LogP contribution in [0.15, 0.2) is 107 Å². The Morgan fingerprint density at radius 2 is 1.35 bits per heavy atom. The van der Waals surface area contributed by atoms with E-state index in [0.29, 0.717) is 39.9 Å². The van der Waals surface area contributed by atoms with Crippen LogP contribution in [0.4, 0.5) is 18.9 Å². The number of thiophene rings is 1. The van der Waals surface area contributed by atoms with Crippen molar-refractivity contribution >= 4 is 35.3 Å². The summed E-state index contributed by atoms with van der Waals surface area (Å²) in [5.41, 5.74) is -2.50. The van der Waals surface area contributed by atoms with Crippen LogP contribution in [0, 0.1) is 34.0 Å². The third-order valence-corrected chi connectivity index (χ3v) is 9.85. The van der Waals surface area contributed by atoms with Gasteiger partial charge in [0.05, 0.1) is 23.0 Å². The number of fused-ring (bicyclic) bond motifs is 1. The number of allylic oxidation sites excluding steroid dienone is 2. The minimum Gasteiger partial charge on any atom is -0.485 e. The van der Waals surface area contributed by atoms with Crippen molar-refractivity contribution < 1.29 is 37.6 Å². The van der Waals surface area contributed by atoms with Crippen LogP contribution in [0.5, 0.6) is 11.5 Å². The lowest BCUT2D eigenvalue weighted by Gasteiger charge is -2.33. The van der Waals surface area contributed by atoms with E-state index in [1.807, 2.05) is 53.4 Å². The van der Waals surface area contributed by atoms with E-state index in [2.05, 4.69) is 0 Å². The van der Waals surface area contributed by atoms with Crippen molar-refractivity contribution in [3.63, 3.8) is 0 Å². The molecular weight excluding hydrogens is 718 g/mol. The number of anilines is 1. The van der Waals surface area contributed by atoms with Crippen LogP contribution in [-0.2, 0) is 10.3 Å². The highest BCUT2D eigenvalue weighted by Crippen LogP contribution is 2.56. The summed E-state index contributed by atoms with van der Waals surface area (Å²) >= 11 is 1.20. The minimum absolute atomic E-state index is 0.0657. The summed E-state index contributed by atoms with van der Waals surface area (Å²) in [6, 6.07) is 27.0. The molecule has 1 atom stereocenters. The average molecular weight is 749 g/mol. The molecule has 2 aliphatic rings. The van der Waals surface area contributed by atoms with Crippen molar-refractivity contribution in [2.45, 2.75) is 11.8 Å². The second kappa shape index (κ2) is 16.2. The van der Waals surface area contributed by atoms with E-state index in [4.69, 9.17) is 14.2 Å². The first-order valence-electron chi connectivity index (χ1n) is 16.7. The van der Waals surface area contributed by atoms with Crippen molar-refractivity contribution in [2.75, 3.05) is 44.4 Å². The summed E-state index contributed by atoms with van der Waals surface area (Å²) in [6.45, 7) is 1.05. The zero-order valence-corrected chi connectivity index (χ0v) is 29.3. The maximum Gasteiger partial charge on any atom is 0.437 e. The van der Waals surface area contributed by atoms with Crippen molar-refractivity contribution in [2.24, 2.45) is 0 Å². The number of nitrogens with zero attached hydrogens (tertiary/aromatic N) is 4. The quantitative estimate of drug-likeness (QED) is 0.147. The maximum absolute atomic E-state index is 15.6. The van der Waals surface area contributed by atoms with Gasteiger partial charge in [0.25, 0.3) is 5.60 Å². The lowest BCUT2D eigenvalue weighted by molar-refractivity contribution is -0.249. The highest BCUT2D eigenvalue weighted by atomic mass is 32.1. The van der Waals surface area contributed by atoms with Gasteiger partial charge in [-0.1, -0.05) is 78.9 Å². The predicted molar refractivity (Wildman–Crippen MR) is 198 cm³/mol. The smallest absolute Gasteiger partial charge is 0.437 e. The van der Waals surface area contributed by atoms with Gasteiger partial charge >= 0.3 is 6.18 Å². The van der Waals surface area contributed by atoms with Crippen LogP contribution in [-0.4, -0.2) is 55.9 Å². The van der Waals surface area contributed by atoms with Crippen molar-refractivity contribution in [3.8, 4) is 40.8 Å². The van der Waals surface area contributed by atoms with Crippen LogP contribution in [0.25, 0.3) is 29.4 Å². The summed E-state index contributed by atoms with van der Waals surface area (Å²) in [6.07, 6.45) is 0.978. The molecule has 0 fully saturated rings. The first-order chi connectivity index (χ1) is 26.2. The third kappa shape index (κ3) is 7.19. The molecule has 272 valence electrons. The van der Waals surface area contributed by atoms with Crippen LogP contribution >= 0.6 is 11.3 Å². The Labute approximate surface area is 313 Å². The van der Waals surface area contributed by atoms with E-state index in [9.17, 15) is 26.0 Å². The van der Waals surface area contributed by atoms with Gasteiger partial charge in [-0.25, -0.2) is 0 Å². The fraction of sp³-hybridized carbons (Fsp3) is 0.195. The molecule has 0 saturated carbocycles. The summed E-state index contributed by atoms with van der Waals surface area (Å²) in [7, 11) is 0. The van der Waals surface area contributed by atoms with Crippen LogP contribution in [0.3, 0.4) is 0 Å². The number of ether oxygens (including phenoxy) is 3. The highest BCUT2D eigenvalue weighted by molar-refractivity contribution is 7.14. The van der Waals surface area contributed by atoms with Crippen molar-refractivity contribution in [3.05, 3.63) is 128 Å². The zero-order valence-electron chi connectivity index (χ0n) is 28.5. The summed E-state index contributed by atoms with van der Waals surface area (Å²) in [5, 5.41) is 48.3. The lowest BCUT2D eigenvalue weighted by Crippen LogP contribution is -2.43. The fourth-order valence-corrected chi connectivity index (χ4v) is 7.24.